The van der Waals surface area contributed by atoms with Gasteiger partial charge in [-0.2, -0.15) is 0 Å². The highest BCUT2D eigenvalue weighted by molar-refractivity contribution is 6.04. The average molecular weight is 327 g/mol. The minimum Gasteiger partial charge on any atom is -0.496 e. The molecule has 1 N–H and O–H groups in total. The van der Waals surface area contributed by atoms with Gasteiger partial charge in [0.05, 0.1) is 19.8 Å². The van der Waals surface area contributed by atoms with Crippen LogP contribution in [0.15, 0.2) is 36.4 Å². The number of methoxy groups -OCH3 is 1. The van der Waals surface area contributed by atoms with Crippen molar-refractivity contribution in [3.8, 4) is 5.75 Å². The van der Waals surface area contributed by atoms with Crippen molar-refractivity contribution in [2.45, 2.75) is 40.4 Å². The third kappa shape index (κ3) is 4.59. The zero-order chi connectivity index (χ0) is 17.7. The minimum atomic E-state index is -0.147. The second-order valence-electron chi connectivity index (χ2n) is 6.14. The Morgan fingerprint density at radius 1 is 1.08 bits per heavy atom. The number of hydrogen-bond acceptors (Lipinski definition) is 3. The molecule has 2 aromatic carbocycles. The van der Waals surface area contributed by atoms with Gasteiger partial charge in [-0.1, -0.05) is 6.07 Å². The number of rotatable bonds is 6. The number of nitrogens with one attached hydrogen (secondary N) is 1. The number of amides is 1. The van der Waals surface area contributed by atoms with Crippen LogP contribution >= 0.6 is 0 Å². The first-order valence-corrected chi connectivity index (χ1v) is 8.08. The van der Waals surface area contributed by atoms with Crippen molar-refractivity contribution in [2.24, 2.45) is 0 Å². The topological polar surface area (TPSA) is 47.6 Å². The second kappa shape index (κ2) is 7.97. The van der Waals surface area contributed by atoms with Gasteiger partial charge in [0.1, 0.15) is 5.75 Å². The molecule has 0 aliphatic rings. The molecular weight excluding hydrogens is 302 g/mol. The lowest BCUT2D eigenvalue weighted by Crippen LogP contribution is -2.13. The van der Waals surface area contributed by atoms with Gasteiger partial charge in [-0.3, -0.25) is 4.79 Å². The molecule has 4 nitrogen and oxygen atoms in total. The van der Waals surface area contributed by atoms with Crippen molar-refractivity contribution in [1.29, 1.82) is 0 Å². The van der Waals surface area contributed by atoms with E-state index in [9.17, 15) is 4.79 Å². The molecule has 0 spiro atoms. The van der Waals surface area contributed by atoms with Crippen molar-refractivity contribution >= 4 is 11.6 Å². The molecule has 0 saturated heterocycles. The average Bonchev–Trinajstić information content (AvgIpc) is 2.56. The van der Waals surface area contributed by atoms with Crippen LogP contribution in [0.5, 0.6) is 5.75 Å². The molecular formula is C20H25NO3. The standard InChI is InChI=1S/C20H25NO3/c1-13(2)24-12-17-11-16(7-9-19(17)23-5)20(22)21-18-8-6-14(3)15(4)10-18/h6-11,13H,12H2,1-5H3,(H,21,22). The number of carbonyl (C=O) groups is 1. The number of anilines is 1. The van der Waals surface area contributed by atoms with Crippen LogP contribution in [0.4, 0.5) is 5.69 Å². The number of carbonyl (C=O) groups excluding carboxylic acids is 1. The van der Waals surface area contributed by atoms with Crippen LogP contribution in [0.25, 0.3) is 0 Å². The maximum Gasteiger partial charge on any atom is 0.255 e. The molecule has 0 fully saturated rings. The van der Waals surface area contributed by atoms with Crippen LogP contribution < -0.4 is 10.1 Å². The first kappa shape index (κ1) is 18.0. The van der Waals surface area contributed by atoms with Crippen LogP contribution in [0.1, 0.15) is 40.9 Å². The summed E-state index contributed by atoms with van der Waals surface area (Å²) in [6, 6.07) is 11.3. The summed E-state index contributed by atoms with van der Waals surface area (Å²) in [6.07, 6.45) is 0.114. The van der Waals surface area contributed by atoms with Crippen molar-refractivity contribution in [2.75, 3.05) is 12.4 Å². The third-order valence-electron chi connectivity index (χ3n) is 3.88. The van der Waals surface area contributed by atoms with Gasteiger partial charge in [0.2, 0.25) is 0 Å². The van der Waals surface area contributed by atoms with Gasteiger partial charge in [-0.15, -0.1) is 0 Å². The van der Waals surface area contributed by atoms with Gasteiger partial charge in [0, 0.05) is 16.8 Å². The number of benzene rings is 2. The van der Waals surface area contributed by atoms with Crippen LogP contribution in [0, 0.1) is 13.8 Å². The Kier molecular flexibility index (Phi) is 5.99. The highest BCUT2D eigenvalue weighted by Gasteiger charge is 2.11. The number of hydrogen-bond donors (Lipinski definition) is 1. The molecule has 0 bridgehead atoms. The SMILES string of the molecule is COc1ccc(C(=O)Nc2ccc(C)c(C)c2)cc1COC(C)C. The van der Waals surface area contributed by atoms with Crippen LogP contribution in [0.2, 0.25) is 0 Å². The molecule has 1 amide bonds. The van der Waals surface area contributed by atoms with Crippen LogP contribution in [0.3, 0.4) is 0 Å². The fraction of sp³-hybridized carbons (Fsp3) is 0.350. The van der Waals surface area contributed by atoms with Gasteiger partial charge in [0.25, 0.3) is 5.91 Å². The normalized spacial score (nSPS) is 10.8. The van der Waals surface area contributed by atoms with Crippen molar-refractivity contribution in [3.63, 3.8) is 0 Å². The van der Waals surface area contributed by atoms with E-state index in [0.29, 0.717) is 12.2 Å². The molecule has 4 heteroatoms. The summed E-state index contributed by atoms with van der Waals surface area (Å²) in [6.45, 7) is 8.43. The van der Waals surface area contributed by atoms with E-state index in [-0.39, 0.29) is 12.0 Å². The van der Waals surface area contributed by atoms with E-state index in [4.69, 9.17) is 9.47 Å². The predicted molar refractivity (Wildman–Crippen MR) is 96.8 cm³/mol. The second-order valence-corrected chi connectivity index (χ2v) is 6.14. The highest BCUT2D eigenvalue weighted by atomic mass is 16.5. The maximum absolute atomic E-state index is 12.5. The van der Waals surface area contributed by atoms with E-state index in [2.05, 4.69) is 5.32 Å². The summed E-state index contributed by atoms with van der Waals surface area (Å²) in [7, 11) is 1.61. The molecule has 2 aromatic rings. The Morgan fingerprint density at radius 2 is 1.83 bits per heavy atom. The third-order valence-corrected chi connectivity index (χ3v) is 3.88. The predicted octanol–water partition coefficient (Wildman–Crippen LogP) is 4.49. The number of aryl methyl sites for hydroxylation is 2. The minimum absolute atomic E-state index is 0.114. The monoisotopic (exact) mass is 327 g/mol. The maximum atomic E-state index is 12.5. The molecule has 0 aliphatic carbocycles. The lowest BCUT2D eigenvalue weighted by molar-refractivity contribution is 0.0644. The quantitative estimate of drug-likeness (QED) is 0.850. The smallest absolute Gasteiger partial charge is 0.255 e. The molecule has 0 aliphatic heterocycles. The highest BCUT2D eigenvalue weighted by Crippen LogP contribution is 2.22. The molecule has 0 radical (unpaired) electrons. The van der Waals surface area contributed by atoms with Gasteiger partial charge in [0.15, 0.2) is 0 Å². The van der Waals surface area contributed by atoms with E-state index in [1.54, 1.807) is 19.2 Å². The van der Waals surface area contributed by atoms with Crippen molar-refractivity contribution in [3.05, 3.63) is 58.7 Å². The van der Waals surface area contributed by atoms with Crippen molar-refractivity contribution in [1.82, 2.24) is 0 Å². The van der Waals surface area contributed by atoms with Crippen LogP contribution in [-0.4, -0.2) is 19.1 Å². The fourth-order valence-electron chi connectivity index (χ4n) is 2.31. The van der Waals surface area contributed by atoms with E-state index in [1.165, 1.54) is 5.56 Å². The van der Waals surface area contributed by atoms with E-state index >= 15 is 0 Å². The molecule has 128 valence electrons. The fourth-order valence-corrected chi connectivity index (χ4v) is 2.31. The summed E-state index contributed by atoms with van der Waals surface area (Å²) in [5.41, 5.74) is 4.58. The Hall–Kier alpha value is -2.33. The van der Waals surface area contributed by atoms with E-state index < -0.39 is 0 Å². The molecule has 24 heavy (non-hydrogen) atoms. The van der Waals surface area contributed by atoms with Crippen molar-refractivity contribution < 1.29 is 14.3 Å². The van der Waals surface area contributed by atoms with E-state index in [1.807, 2.05) is 52.0 Å². The Balaban J connectivity index is 2.19. The van der Waals surface area contributed by atoms with E-state index in [0.717, 1.165) is 22.6 Å². The summed E-state index contributed by atoms with van der Waals surface area (Å²) < 4.78 is 11.0. The van der Waals surface area contributed by atoms with Crippen LogP contribution in [-0.2, 0) is 11.3 Å². The Morgan fingerprint density at radius 3 is 2.46 bits per heavy atom. The summed E-state index contributed by atoms with van der Waals surface area (Å²) in [5, 5.41) is 2.94. The molecule has 0 aromatic heterocycles. The zero-order valence-electron chi connectivity index (χ0n) is 15.0. The zero-order valence-corrected chi connectivity index (χ0v) is 15.0. The van der Waals surface area contributed by atoms with Gasteiger partial charge in [-0.25, -0.2) is 0 Å². The lowest BCUT2D eigenvalue weighted by Gasteiger charge is -2.13. The summed E-state index contributed by atoms with van der Waals surface area (Å²) >= 11 is 0. The molecule has 0 unspecified atom stereocenters. The Labute approximate surface area is 143 Å². The summed E-state index contributed by atoms with van der Waals surface area (Å²) in [4.78, 5) is 12.5. The Bertz CT molecular complexity index is 723. The first-order valence-electron chi connectivity index (χ1n) is 8.08. The first-order chi connectivity index (χ1) is 11.4. The molecule has 0 saturated carbocycles. The lowest BCUT2D eigenvalue weighted by atomic mass is 10.1. The molecule has 2 rings (SSSR count). The van der Waals surface area contributed by atoms with Gasteiger partial charge < -0.3 is 14.8 Å². The van der Waals surface area contributed by atoms with Gasteiger partial charge in [-0.05, 0) is 69.2 Å². The molecule has 0 atom stereocenters. The number of ether oxygens (including phenoxy) is 2. The summed E-state index contributed by atoms with van der Waals surface area (Å²) in [5.74, 6) is 0.574. The van der Waals surface area contributed by atoms with Gasteiger partial charge >= 0.3 is 0 Å². The largest absolute Gasteiger partial charge is 0.496 e. The molecule has 0 heterocycles.